The van der Waals surface area contributed by atoms with Gasteiger partial charge in [-0.3, -0.25) is 4.21 Å². The van der Waals surface area contributed by atoms with Crippen molar-refractivity contribution in [2.45, 2.75) is 9.79 Å². The predicted octanol–water partition coefficient (Wildman–Crippen LogP) is 5.55. The third-order valence-electron chi connectivity index (χ3n) is 4.47. The zero-order chi connectivity index (χ0) is 34.8. The molecule has 9 nitrogen and oxygen atoms in total. The summed E-state index contributed by atoms with van der Waals surface area (Å²) < 4.78 is 63.1. The number of rotatable bonds is 5. The van der Waals surface area contributed by atoms with Crippen LogP contribution in [0.3, 0.4) is 0 Å². The third-order valence-corrected chi connectivity index (χ3v) is 7.21. The van der Waals surface area contributed by atoms with E-state index in [9.17, 15) is 17.2 Å². The average Bonchev–Trinajstić information content (AvgIpc) is 2.87. The van der Waals surface area contributed by atoms with E-state index in [1.165, 1.54) is 11.8 Å². The minimum absolute atomic E-state index is 0. The molecule has 0 aromatic heterocycles. The summed E-state index contributed by atoms with van der Waals surface area (Å²) in [6, 6.07) is 21.6. The van der Waals surface area contributed by atoms with Crippen molar-refractivity contribution in [1.82, 2.24) is 0 Å². The van der Waals surface area contributed by atoms with Gasteiger partial charge in [0.25, 0.3) is 9.05 Å². The van der Waals surface area contributed by atoms with E-state index in [-0.39, 0.29) is 28.7 Å². The van der Waals surface area contributed by atoms with Gasteiger partial charge in [-0.05, 0) is 63.4 Å². The fraction of sp³-hybridized carbons (Fsp3) is 0.250. The fourth-order valence-corrected chi connectivity index (χ4v) is 5.20. The Morgan fingerprint density at radius 1 is 0.689 bits per heavy atom. The Morgan fingerprint density at radius 2 is 1.00 bits per heavy atom. The zero-order valence-corrected chi connectivity index (χ0v) is 39.2. The molecule has 0 amide bonds. The van der Waals surface area contributed by atoms with Gasteiger partial charge in [-0.1, -0.05) is 36.4 Å². The predicted molar refractivity (Wildman–Crippen MR) is 213 cm³/mol. The Kier molecular flexibility index (Phi) is 30.2. The van der Waals surface area contributed by atoms with Crippen LogP contribution in [0.4, 0.5) is 17.1 Å². The largest absolute Gasteiger partial charge is 1.00 e. The van der Waals surface area contributed by atoms with Gasteiger partial charge in [0.1, 0.15) is 4.90 Å². The molecule has 0 aliphatic carbocycles. The van der Waals surface area contributed by atoms with Gasteiger partial charge in [0.2, 0.25) is 0 Å². The smallest absolute Gasteiger partial charge is 1.00 e. The SMILES string of the molecule is CN(C)c1ccccc1Br.CN(C)c1ccccc1S(=O)(=O)Cl.CN(C)c1ccccc1S(=O)[O-].O=S(=O)(Cl)Cl.[I][V]([I])[I].[Li+]. The maximum absolute atomic E-state index is 11.1. The topological polar surface area (TPSA) is 118 Å². The summed E-state index contributed by atoms with van der Waals surface area (Å²) in [4.78, 5) is 5.74. The molecular weight excluding hydrogens is 1150 g/mol. The molecule has 0 heterocycles. The summed E-state index contributed by atoms with van der Waals surface area (Å²) in [5.74, 6) is 0. The Bertz CT molecular complexity index is 1520. The molecular formula is C24H30BrCl3I3LiN3O6S3V. The van der Waals surface area contributed by atoms with Crippen LogP contribution < -0.4 is 33.6 Å². The molecule has 0 fully saturated rings. The summed E-state index contributed by atoms with van der Waals surface area (Å²) in [7, 11) is 17.6. The number of nitrogens with zero attached hydrogens (tertiary/aromatic N) is 3. The summed E-state index contributed by atoms with van der Waals surface area (Å²) in [6.07, 6.45) is 0. The first-order chi connectivity index (χ1) is 20.0. The van der Waals surface area contributed by atoms with E-state index in [2.05, 4.69) is 108 Å². The Balaban J connectivity index is -0.000000516. The van der Waals surface area contributed by atoms with Gasteiger partial charge in [-0.25, -0.2) is 8.42 Å². The molecule has 250 valence electrons. The molecule has 0 bridgehead atoms. The van der Waals surface area contributed by atoms with E-state index in [0.29, 0.717) is 16.3 Å². The first-order valence-corrected chi connectivity index (χ1v) is 32.2. The molecule has 3 aromatic rings. The van der Waals surface area contributed by atoms with Crippen molar-refractivity contribution in [1.29, 1.82) is 0 Å². The van der Waals surface area contributed by atoms with Crippen LogP contribution in [-0.4, -0.2) is 67.9 Å². The molecule has 1 atom stereocenters. The molecule has 0 saturated heterocycles. The quantitative estimate of drug-likeness (QED) is 0.140. The average molecular weight is 1180 g/mol. The van der Waals surface area contributed by atoms with Crippen molar-refractivity contribution in [3.63, 3.8) is 0 Å². The molecule has 0 radical (unpaired) electrons. The van der Waals surface area contributed by atoms with Gasteiger partial charge in [0, 0.05) is 83.7 Å². The fourth-order valence-electron chi connectivity index (χ4n) is 2.81. The molecule has 1 unspecified atom stereocenters. The van der Waals surface area contributed by atoms with Gasteiger partial charge >= 0.3 is 92.0 Å². The molecule has 0 spiro atoms. The maximum Gasteiger partial charge on any atom is 1.00 e. The van der Waals surface area contributed by atoms with Crippen molar-refractivity contribution in [3.8, 4) is 0 Å². The second kappa shape index (κ2) is 26.6. The van der Waals surface area contributed by atoms with Crippen molar-refractivity contribution in [3.05, 3.63) is 77.3 Å². The van der Waals surface area contributed by atoms with Crippen LogP contribution in [0.25, 0.3) is 0 Å². The van der Waals surface area contributed by atoms with E-state index in [1.54, 1.807) is 60.3 Å². The second-order valence-corrected chi connectivity index (χ2v) is 51.6. The zero-order valence-electron chi connectivity index (χ0n) is 25.0. The van der Waals surface area contributed by atoms with Crippen molar-refractivity contribution >= 4 is 153 Å². The van der Waals surface area contributed by atoms with E-state index in [4.69, 9.17) is 19.1 Å². The minimum atomic E-state index is -3.72. The second-order valence-electron chi connectivity index (χ2n) is 8.31. The molecule has 0 saturated carbocycles. The molecule has 3 rings (SSSR count). The number of benzene rings is 3. The molecule has 45 heavy (non-hydrogen) atoms. The number of para-hydroxylation sites is 3. The van der Waals surface area contributed by atoms with Gasteiger partial charge in [0.05, 0.1) is 17.1 Å². The maximum atomic E-state index is 11.1. The minimum Gasteiger partial charge on any atom is 1.00 e. The molecule has 3 aromatic carbocycles. The van der Waals surface area contributed by atoms with Crippen LogP contribution in [0.5, 0.6) is 0 Å². The van der Waals surface area contributed by atoms with Crippen molar-refractivity contribution in [2.75, 3.05) is 57.0 Å². The Morgan fingerprint density at radius 3 is 1.27 bits per heavy atom. The summed E-state index contributed by atoms with van der Waals surface area (Å²) >= 11 is 8.69. The van der Waals surface area contributed by atoms with E-state index < -0.39 is 28.4 Å². The first-order valence-electron chi connectivity index (χ1n) is 11.4. The summed E-state index contributed by atoms with van der Waals surface area (Å²) in [5.41, 5.74) is 2.52. The van der Waals surface area contributed by atoms with Crippen LogP contribution in [-0.2, 0) is 33.3 Å². The molecule has 21 heteroatoms. The van der Waals surface area contributed by atoms with Crippen LogP contribution in [0.2, 0.25) is 0 Å². The molecule has 0 N–H and O–H groups in total. The van der Waals surface area contributed by atoms with Gasteiger partial charge in [0.15, 0.2) is 0 Å². The van der Waals surface area contributed by atoms with E-state index >= 15 is 0 Å². The number of hydrogen-bond donors (Lipinski definition) is 0. The Hall–Kier alpha value is 1.79. The number of hydrogen-bond acceptors (Lipinski definition) is 9. The van der Waals surface area contributed by atoms with Crippen molar-refractivity contribution < 1.29 is 49.4 Å². The first kappa shape index (κ1) is 51.2. The van der Waals surface area contributed by atoms with Gasteiger partial charge in [-0.15, -0.1) is 0 Å². The molecule has 0 aliphatic rings. The van der Waals surface area contributed by atoms with Crippen LogP contribution in [0.15, 0.2) is 87.1 Å². The van der Waals surface area contributed by atoms with E-state index in [1.807, 2.05) is 52.5 Å². The van der Waals surface area contributed by atoms with Crippen LogP contribution in [0, 0.1) is 0 Å². The Labute approximate surface area is 341 Å². The van der Waals surface area contributed by atoms with Gasteiger partial charge in [-0.2, -0.15) is 8.42 Å². The molecule has 0 aliphatic heterocycles. The van der Waals surface area contributed by atoms with Crippen molar-refractivity contribution in [2.24, 2.45) is 0 Å². The van der Waals surface area contributed by atoms with Gasteiger partial charge < -0.3 is 19.3 Å². The standard InChI is InChI=1S/C8H10BrN.C8H10ClNO2S.C8H11NO2S.Cl2O2S.3HI.Li.V/c1-10(2)8-6-4-3-5-7(8)9;1-10(2)7-5-3-4-6-8(7)13(9,11)12;1-9(2)7-5-3-4-6-8(7)12(10)11;1-5(2,3)4;;;;;/h3-6H,1-2H3;3-6H,1-2H3;3-6H,1-2H3,(H,10,11);;3*1H;;/q;;;;;;;+1;+3/p-4. The number of anilines is 3. The monoisotopic (exact) mass is 1170 g/mol. The summed E-state index contributed by atoms with van der Waals surface area (Å²) in [6.45, 7) is 0. The van der Waals surface area contributed by atoms with Crippen LogP contribution in [0.1, 0.15) is 0 Å². The normalized spacial score (nSPS) is 10.8. The van der Waals surface area contributed by atoms with Crippen LogP contribution >= 0.6 is 108 Å². The summed E-state index contributed by atoms with van der Waals surface area (Å²) in [5, 5.41) is 0. The van der Waals surface area contributed by atoms with E-state index in [0.717, 1.165) is 4.47 Å². The number of halogens is 7. The third kappa shape index (κ3) is 27.2.